The second-order valence-corrected chi connectivity index (χ2v) is 25.2. The lowest BCUT2D eigenvalue weighted by molar-refractivity contribution is -0.138. The van der Waals surface area contributed by atoms with E-state index in [-0.39, 0.29) is 12.3 Å². The van der Waals surface area contributed by atoms with Gasteiger partial charge < -0.3 is 19.5 Å². The van der Waals surface area contributed by atoms with E-state index in [1.54, 1.807) is 0 Å². The van der Waals surface area contributed by atoms with Crippen LogP contribution in [0.15, 0.2) is 12.3 Å². The summed E-state index contributed by atoms with van der Waals surface area (Å²) in [6, 6.07) is 4.39. The quantitative estimate of drug-likeness (QED) is 0.107. The molecule has 2 aromatic rings. The molecule has 0 aliphatic heterocycles. The maximum Gasteiger partial charge on any atom is 0.303 e. The van der Waals surface area contributed by atoms with Gasteiger partial charge in [0.15, 0.2) is 5.65 Å². The lowest BCUT2D eigenvalue weighted by Gasteiger charge is -2.29. The molecule has 1 saturated carbocycles. The van der Waals surface area contributed by atoms with Gasteiger partial charge >= 0.3 is 5.97 Å². The molecule has 0 unspecified atom stereocenters. The Morgan fingerprint density at radius 1 is 1.05 bits per heavy atom. The second kappa shape index (κ2) is 13.4. The van der Waals surface area contributed by atoms with Gasteiger partial charge in [-0.15, -0.1) is 0 Å². The van der Waals surface area contributed by atoms with Crippen LogP contribution < -0.4 is 4.90 Å². The maximum absolute atomic E-state index is 11.2. The highest BCUT2D eigenvalue weighted by Crippen LogP contribution is 2.38. The molecule has 11 heteroatoms. The van der Waals surface area contributed by atoms with Gasteiger partial charge in [-0.2, -0.15) is 9.61 Å². The Balaban J connectivity index is 1.82. The number of hydrogen-bond acceptors (Lipinski definition) is 6. The molecule has 0 saturated heterocycles. The van der Waals surface area contributed by atoms with Gasteiger partial charge in [0.2, 0.25) is 0 Å². The summed E-state index contributed by atoms with van der Waals surface area (Å²) in [4.78, 5) is 18.3. The summed E-state index contributed by atoms with van der Waals surface area (Å²) in [6.45, 7) is 16.6. The van der Waals surface area contributed by atoms with Gasteiger partial charge in [0, 0.05) is 53.5 Å². The van der Waals surface area contributed by atoms with E-state index >= 15 is 0 Å². The smallest absolute Gasteiger partial charge is 0.303 e. The molecule has 1 aliphatic carbocycles. The number of ether oxygens (including phenoxy) is 2. The highest BCUT2D eigenvalue weighted by atomic mass is 127. The zero-order valence-electron chi connectivity index (χ0n) is 23.4. The standard InChI is InChI=1S/C26H45IN4O4Si2/c1-36(2,3)13-11-34-18-30(19-35-12-14-37(4,5)6)24-16-23(29-26-22(27)17-28-31(24)26)21-9-7-20(8-10-21)15-25(32)33/h16-17,20-21H,7-15,18-19H2,1-6H3,(H,32,33). The summed E-state index contributed by atoms with van der Waals surface area (Å²) in [5.41, 5.74) is 1.92. The van der Waals surface area contributed by atoms with Crippen LogP contribution in [0.25, 0.3) is 5.65 Å². The van der Waals surface area contributed by atoms with Crippen molar-refractivity contribution in [1.82, 2.24) is 14.6 Å². The summed E-state index contributed by atoms with van der Waals surface area (Å²) in [7, 11) is -2.37. The Labute approximate surface area is 237 Å². The topological polar surface area (TPSA) is 89.2 Å². The van der Waals surface area contributed by atoms with E-state index < -0.39 is 22.1 Å². The minimum absolute atomic E-state index is 0.266. The monoisotopic (exact) mass is 660 g/mol. The van der Waals surface area contributed by atoms with Crippen LogP contribution in [0.5, 0.6) is 0 Å². The third kappa shape index (κ3) is 9.90. The van der Waals surface area contributed by atoms with E-state index in [2.05, 4.69) is 77.9 Å². The lowest BCUT2D eigenvalue weighted by Crippen LogP contribution is -2.33. The molecular formula is C26H45IN4O4Si2. The van der Waals surface area contributed by atoms with Crippen LogP contribution >= 0.6 is 22.6 Å². The maximum atomic E-state index is 11.2. The zero-order valence-corrected chi connectivity index (χ0v) is 27.6. The van der Waals surface area contributed by atoms with E-state index in [0.717, 1.165) is 71.7 Å². The van der Waals surface area contributed by atoms with Crippen LogP contribution in [0.2, 0.25) is 51.4 Å². The average Bonchev–Trinajstić information content (AvgIpc) is 3.17. The van der Waals surface area contributed by atoms with Crippen LogP contribution in [-0.4, -0.2) is 68.5 Å². The van der Waals surface area contributed by atoms with Crippen molar-refractivity contribution >= 4 is 56.2 Å². The number of anilines is 1. The van der Waals surface area contributed by atoms with Gasteiger partial charge in [-0.05, 0) is 66.3 Å². The highest BCUT2D eigenvalue weighted by Gasteiger charge is 2.27. The van der Waals surface area contributed by atoms with Gasteiger partial charge in [-0.1, -0.05) is 39.3 Å². The number of halogens is 1. The molecule has 1 fully saturated rings. The fraction of sp³-hybridized carbons (Fsp3) is 0.731. The molecule has 37 heavy (non-hydrogen) atoms. The molecule has 0 spiro atoms. The first-order valence-electron chi connectivity index (χ1n) is 13.5. The fourth-order valence-electron chi connectivity index (χ4n) is 4.56. The fourth-order valence-corrected chi connectivity index (χ4v) is 6.54. The van der Waals surface area contributed by atoms with Crippen molar-refractivity contribution in [3.05, 3.63) is 21.5 Å². The minimum Gasteiger partial charge on any atom is -0.481 e. The number of carboxylic acids is 1. The van der Waals surface area contributed by atoms with Gasteiger partial charge in [0.25, 0.3) is 0 Å². The molecule has 208 valence electrons. The molecule has 3 rings (SSSR count). The van der Waals surface area contributed by atoms with Gasteiger partial charge in [0.1, 0.15) is 19.3 Å². The lowest BCUT2D eigenvalue weighted by atomic mass is 9.79. The van der Waals surface area contributed by atoms with Crippen LogP contribution in [0.4, 0.5) is 5.82 Å². The molecule has 1 aliphatic rings. The summed E-state index contributed by atoms with van der Waals surface area (Å²) in [6.07, 6.45) is 5.91. The first kappa shape index (κ1) is 30.5. The van der Waals surface area contributed by atoms with Crippen molar-refractivity contribution in [2.45, 2.75) is 89.4 Å². The average molecular weight is 661 g/mol. The third-order valence-corrected chi connectivity index (χ3v) is 11.1. The molecule has 0 aromatic carbocycles. The largest absolute Gasteiger partial charge is 0.481 e. The van der Waals surface area contributed by atoms with Crippen LogP contribution in [-0.2, 0) is 14.3 Å². The molecule has 0 atom stereocenters. The van der Waals surface area contributed by atoms with Crippen molar-refractivity contribution < 1.29 is 19.4 Å². The number of rotatable bonds is 14. The number of fused-ring (bicyclic) bond motifs is 1. The van der Waals surface area contributed by atoms with Gasteiger partial charge in [-0.3, -0.25) is 4.79 Å². The first-order valence-corrected chi connectivity index (χ1v) is 22.0. The number of carbonyl (C=O) groups is 1. The van der Waals surface area contributed by atoms with Gasteiger partial charge in [0.05, 0.1) is 9.77 Å². The van der Waals surface area contributed by atoms with Crippen LogP contribution in [0.3, 0.4) is 0 Å². The Morgan fingerprint density at radius 2 is 1.62 bits per heavy atom. The van der Waals surface area contributed by atoms with E-state index in [4.69, 9.17) is 14.5 Å². The number of nitrogens with zero attached hydrogens (tertiary/aromatic N) is 4. The van der Waals surface area contributed by atoms with Crippen LogP contribution in [0, 0.1) is 9.49 Å². The Hall–Kier alpha value is -1.03. The van der Waals surface area contributed by atoms with E-state index in [1.165, 1.54) is 0 Å². The molecule has 0 bridgehead atoms. The summed E-state index contributed by atoms with van der Waals surface area (Å²) < 4.78 is 15.3. The van der Waals surface area contributed by atoms with E-state index in [1.807, 2.05) is 10.7 Å². The van der Waals surface area contributed by atoms with Crippen LogP contribution in [0.1, 0.15) is 43.7 Å². The van der Waals surface area contributed by atoms with Crippen molar-refractivity contribution in [3.63, 3.8) is 0 Å². The molecular weight excluding hydrogens is 615 g/mol. The Bertz CT molecular complexity index is 1010. The molecule has 2 heterocycles. The van der Waals surface area contributed by atoms with Crippen molar-refractivity contribution in [1.29, 1.82) is 0 Å². The second-order valence-electron chi connectivity index (χ2n) is 12.8. The minimum atomic E-state index is -1.18. The summed E-state index contributed by atoms with van der Waals surface area (Å²) >= 11 is 2.30. The summed E-state index contributed by atoms with van der Waals surface area (Å²) in [5.74, 6) is 0.833. The molecule has 0 amide bonds. The summed E-state index contributed by atoms with van der Waals surface area (Å²) in [5, 5.41) is 13.8. The Morgan fingerprint density at radius 3 is 2.14 bits per heavy atom. The SMILES string of the molecule is C[Si](C)(C)CCOCN(COCC[Si](C)(C)C)c1cc(C2CCC(CC(=O)O)CC2)nc2c(I)cnn12. The third-order valence-electron chi connectivity index (χ3n) is 6.97. The zero-order chi connectivity index (χ0) is 27.2. The van der Waals surface area contributed by atoms with E-state index in [9.17, 15) is 9.90 Å². The molecule has 1 N–H and O–H groups in total. The van der Waals surface area contributed by atoms with Gasteiger partial charge in [-0.25, -0.2) is 4.98 Å². The number of carboxylic acid groups (broad SMARTS) is 1. The first-order chi connectivity index (χ1) is 17.3. The normalized spacial score (nSPS) is 18.9. The predicted octanol–water partition coefficient (Wildman–Crippen LogP) is 6.51. The van der Waals surface area contributed by atoms with Crippen molar-refractivity contribution in [3.8, 4) is 0 Å². The van der Waals surface area contributed by atoms with E-state index in [0.29, 0.717) is 19.4 Å². The number of aliphatic carboxylic acids is 1. The van der Waals surface area contributed by atoms with Crippen molar-refractivity contribution in [2.24, 2.45) is 5.92 Å². The Kier molecular flexibility index (Phi) is 11.0. The molecule has 0 radical (unpaired) electrons. The highest BCUT2D eigenvalue weighted by molar-refractivity contribution is 14.1. The number of hydrogen-bond donors (Lipinski definition) is 1. The van der Waals surface area contributed by atoms with Crippen molar-refractivity contribution in [2.75, 3.05) is 31.6 Å². The predicted molar refractivity (Wildman–Crippen MR) is 163 cm³/mol. The number of aromatic nitrogens is 3. The molecule has 2 aromatic heterocycles. The molecule has 8 nitrogen and oxygen atoms in total.